The highest BCUT2D eigenvalue weighted by molar-refractivity contribution is 5.34. The van der Waals surface area contributed by atoms with Crippen LogP contribution in [0.4, 0.5) is 0 Å². The van der Waals surface area contributed by atoms with Crippen molar-refractivity contribution in [3.8, 4) is 0 Å². The van der Waals surface area contributed by atoms with Crippen molar-refractivity contribution in [1.82, 2.24) is 10.2 Å². The van der Waals surface area contributed by atoms with Crippen molar-refractivity contribution in [2.75, 3.05) is 7.05 Å². The predicted molar refractivity (Wildman–Crippen MR) is 85.0 cm³/mol. The third-order valence-corrected chi connectivity index (χ3v) is 5.50. The van der Waals surface area contributed by atoms with Crippen LogP contribution in [0.5, 0.6) is 0 Å². The molecule has 2 heteroatoms. The molecule has 2 aliphatic rings. The van der Waals surface area contributed by atoms with Gasteiger partial charge in [0.2, 0.25) is 0 Å². The van der Waals surface area contributed by atoms with E-state index in [1.54, 1.807) is 5.56 Å². The monoisotopic (exact) mass is 272 g/mol. The van der Waals surface area contributed by atoms with Gasteiger partial charge in [0.15, 0.2) is 0 Å². The number of benzene rings is 1. The van der Waals surface area contributed by atoms with Crippen molar-refractivity contribution in [2.45, 2.75) is 70.1 Å². The summed E-state index contributed by atoms with van der Waals surface area (Å²) in [5.74, 6) is 0. The van der Waals surface area contributed by atoms with Crippen molar-refractivity contribution in [3.05, 3.63) is 35.4 Å². The SMILES string of the molecule is CCC1CCC(C)N1C1CCc2ccccc2C1NC. The molecule has 3 rings (SSSR count). The maximum atomic E-state index is 3.61. The van der Waals surface area contributed by atoms with E-state index in [-0.39, 0.29) is 0 Å². The van der Waals surface area contributed by atoms with Gasteiger partial charge in [-0.3, -0.25) is 4.90 Å². The number of nitrogens with zero attached hydrogens (tertiary/aromatic N) is 1. The number of likely N-dealkylation sites (N-methyl/N-ethyl adjacent to an activating group) is 1. The Morgan fingerprint density at radius 2 is 2.00 bits per heavy atom. The Labute approximate surface area is 123 Å². The first-order valence-electron chi connectivity index (χ1n) is 8.28. The van der Waals surface area contributed by atoms with Crippen LogP contribution in [-0.4, -0.2) is 30.1 Å². The lowest BCUT2D eigenvalue weighted by Crippen LogP contribution is -2.50. The molecule has 2 nitrogen and oxygen atoms in total. The number of hydrogen-bond donors (Lipinski definition) is 1. The van der Waals surface area contributed by atoms with Crippen LogP contribution in [0.3, 0.4) is 0 Å². The molecule has 1 saturated heterocycles. The number of likely N-dealkylation sites (tertiary alicyclic amines) is 1. The molecule has 0 bridgehead atoms. The Hall–Kier alpha value is -0.860. The molecule has 1 aliphatic carbocycles. The molecule has 1 aliphatic heterocycles. The van der Waals surface area contributed by atoms with Crippen LogP contribution in [0.25, 0.3) is 0 Å². The minimum Gasteiger partial charge on any atom is -0.312 e. The summed E-state index contributed by atoms with van der Waals surface area (Å²) >= 11 is 0. The molecule has 0 radical (unpaired) electrons. The first-order chi connectivity index (χ1) is 9.76. The van der Waals surface area contributed by atoms with Gasteiger partial charge in [-0.05, 0) is 57.2 Å². The van der Waals surface area contributed by atoms with E-state index in [1.165, 1.54) is 37.7 Å². The minimum absolute atomic E-state index is 0.495. The van der Waals surface area contributed by atoms with E-state index in [4.69, 9.17) is 0 Å². The molecule has 20 heavy (non-hydrogen) atoms. The van der Waals surface area contributed by atoms with E-state index >= 15 is 0 Å². The van der Waals surface area contributed by atoms with Gasteiger partial charge in [0.25, 0.3) is 0 Å². The molecule has 0 saturated carbocycles. The number of rotatable bonds is 3. The van der Waals surface area contributed by atoms with Crippen molar-refractivity contribution < 1.29 is 0 Å². The summed E-state index contributed by atoms with van der Waals surface area (Å²) in [5, 5.41) is 3.61. The smallest absolute Gasteiger partial charge is 0.0478 e. The van der Waals surface area contributed by atoms with Crippen LogP contribution in [-0.2, 0) is 6.42 Å². The highest BCUT2D eigenvalue weighted by Gasteiger charge is 2.40. The molecular weight excluding hydrogens is 244 g/mol. The first-order valence-corrected chi connectivity index (χ1v) is 8.28. The van der Waals surface area contributed by atoms with Gasteiger partial charge >= 0.3 is 0 Å². The molecule has 1 N–H and O–H groups in total. The topological polar surface area (TPSA) is 15.3 Å². The lowest BCUT2D eigenvalue weighted by atomic mass is 9.82. The van der Waals surface area contributed by atoms with Crippen LogP contribution in [0.2, 0.25) is 0 Å². The Morgan fingerprint density at radius 1 is 1.20 bits per heavy atom. The second kappa shape index (κ2) is 5.87. The average molecular weight is 272 g/mol. The molecule has 0 amide bonds. The normalized spacial score (nSPS) is 34.1. The Bertz CT molecular complexity index is 456. The third kappa shape index (κ3) is 2.29. The van der Waals surface area contributed by atoms with Crippen molar-refractivity contribution in [3.63, 3.8) is 0 Å². The van der Waals surface area contributed by atoms with Crippen LogP contribution in [0, 0.1) is 0 Å². The van der Waals surface area contributed by atoms with Crippen LogP contribution < -0.4 is 5.32 Å². The summed E-state index contributed by atoms with van der Waals surface area (Å²) in [6.07, 6.45) is 6.57. The number of hydrogen-bond acceptors (Lipinski definition) is 2. The number of nitrogens with one attached hydrogen (secondary N) is 1. The molecule has 0 aromatic heterocycles. The lowest BCUT2D eigenvalue weighted by molar-refractivity contribution is 0.0928. The molecule has 1 aromatic rings. The predicted octanol–water partition coefficient (Wildman–Crippen LogP) is 3.52. The standard InChI is InChI=1S/C18H28N2/c1-4-15-11-9-13(2)20(15)17-12-10-14-7-5-6-8-16(14)18(17)19-3/h5-8,13,15,17-19H,4,9-12H2,1-3H3. The fourth-order valence-electron chi connectivity index (χ4n) is 4.52. The summed E-state index contributed by atoms with van der Waals surface area (Å²) in [6, 6.07) is 11.7. The van der Waals surface area contributed by atoms with Gasteiger partial charge in [0.1, 0.15) is 0 Å². The molecule has 110 valence electrons. The molecule has 4 unspecified atom stereocenters. The zero-order chi connectivity index (χ0) is 14.1. The highest BCUT2D eigenvalue weighted by atomic mass is 15.3. The van der Waals surface area contributed by atoms with Gasteiger partial charge in [-0.25, -0.2) is 0 Å². The first kappa shape index (κ1) is 14.1. The Morgan fingerprint density at radius 3 is 2.75 bits per heavy atom. The van der Waals surface area contributed by atoms with Gasteiger partial charge in [-0.2, -0.15) is 0 Å². The van der Waals surface area contributed by atoms with Gasteiger partial charge < -0.3 is 5.32 Å². The second-order valence-electron chi connectivity index (χ2n) is 6.51. The van der Waals surface area contributed by atoms with Gasteiger partial charge in [0.05, 0.1) is 0 Å². The van der Waals surface area contributed by atoms with Crippen molar-refractivity contribution in [2.24, 2.45) is 0 Å². The van der Waals surface area contributed by atoms with Crippen LogP contribution in [0.1, 0.15) is 56.7 Å². The molecular formula is C18H28N2. The number of fused-ring (bicyclic) bond motifs is 1. The van der Waals surface area contributed by atoms with Gasteiger partial charge in [0, 0.05) is 24.2 Å². The average Bonchev–Trinajstić information content (AvgIpc) is 2.86. The summed E-state index contributed by atoms with van der Waals surface area (Å²) < 4.78 is 0. The maximum Gasteiger partial charge on any atom is 0.0478 e. The van der Waals surface area contributed by atoms with E-state index in [0.29, 0.717) is 12.1 Å². The second-order valence-corrected chi connectivity index (χ2v) is 6.51. The van der Waals surface area contributed by atoms with Crippen molar-refractivity contribution in [1.29, 1.82) is 0 Å². The van der Waals surface area contributed by atoms with E-state index in [0.717, 1.165) is 12.1 Å². The minimum atomic E-state index is 0.495. The zero-order valence-corrected chi connectivity index (χ0v) is 13.1. The summed E-state index contributed by atoms with van der Waals surface area (Å²) in [4.78, 5) is 2.83. The van der Waals surface area contributed by atoms with E-state index in [9.17, 15) is 0 Å². The molecule has 1 aromatic carbocycles. The molecule has 4 atom stereocenters. The third-order valence-electron chi connectivity index (χ3n) is 5.50. The van der Waals surface area contributed by atoms with Gasteiger partial charge in [-0.1, -0.05) is 31.2 Å². The molecule has 0 spiro atoms. The van der Waals surface area contributed by atoms with E-state index < -0.39 is 0 Å². The summed E-state index contributed by atoms with van der Waals surface area (Å²) in [7, 11) is 2.13. The van der Waals surface area contributed by atoms with E-state index in [1.807, 2.05) is 0 Å². The molecule has 1 fully saturated rings. The highest BCUT2D eigenvalue weighted by Crippen LogP contribution is 2.38. The summed E-state index contributed by atoms with van der Waals surface area (Å²) in [5.41, 5.74) is 3.07. The largest absolute Gasteiger partial charge is 0.312 e. The van der Waals surface area contributed by atoms with Crippen molar-refractivity contribution >= 4 is 0 Å². The van der Waals surface area contributed by atoms with Crippen LogP contribution >= 0.6 is 0 Å². The molecule has 1 heterocycles. The number of aryl methyl sites for hydroxylation is 1. The van der Waals surface area contributed by atoms with E-state index in [2.05, 4.69) is 55.4 Å². The maximum absolute atomic E-state index is 3.61. The summed E-state index contributed by atoms with van der Waals surface area (Å²) in [6.45, 7) is 4.77. The van der Waals surface area contributed by atoms with Gasteiger partial charge in [-0.15, -0.1) is 0 Å². The fraction of sp³-hybridized carbons (Fsp3) is 0.667. The zero-order valence-electron chi connectivity index (χ0n) is 13.1. The lowest BCUT2D eigenvalue weighted by Gasteiger charge is -2.43. The quantitative estimate of drug-likeness (QED) is 0.905. The Kier molecular flexibility index (Phi) is 4.13. The Balaban J connectivity index is 1.91. The fourth-order valence-corrected chi connectivity index (χ4v) is 4.52. The van der Waals surface area contributed by atoms with Crippen LogP contribution in [0.15, 0.2) is 24.3 Å².